The molecule has 3 saturated carbocycles. The summed E-state index contributed by atoms with van der Waals surface area (Å²) in [5, 5.41) is 0. The van der Waals surface area contributed by atoms with Crippen LogP contribution in [-0.4, -0.2) is 17.0 Å². The highest BCUT2D eigenvalue weighted by molar-refractivity contribution is 5.88. The minimum atomic E-state index is -0.108. The lowest BCUT2D eigenvalue weighted by molar-refractivity contribution is -0.125. The fourth-order valence-electron chi connectivity index (χ4n) is 6.89. The first-order valence-corrected chi connectivity index (χ1v) is 9.49. The third-order valence-electron chi connectivity index (χ3n) is 8.35. The van der Waals surface area contributed by atoms with Crippen LogP contribution in [0, 0.1) is 35.0 Å². The van der Waals surface area contributed by atoms with Crippen molar-refractivity contribution in [2.75, 3.05) is 0 Å². The first kappa shape index (κ1) is 15.2. The molecule has 3 aliphatic carbocycles. The zero-order chi connectivity index (χ0) is 15.9. The number of carbonyl (C=O) groups excluding carboxylic acids is 1. The van der Waals surface area contributed by atoms with Gasteiger partial charge in [0.05, 0.1) is 0 Å². The van der Waals surface area contributed by atoms with E-state index in [0.29, 0.717) is 23.5 Å². The van der Waals surface area contributed by atoms with Crippen LogP contribution in [0.25, 0.3) is 0 Å². The van der Waals surface area contributed by atoms with E-state index in [4.69, 9.17) is 4.74 Å². The number of ketones is 1. The molecule has 7 atom stereocenters. The van der Waals surface area contributed by atoms with Crippen LogP contribution in [0.4, 0.5) is 0 Å². The van der Waals surface area contributed by atoms with Crippen LogP contribution >= 0.6 is 0 Å². The Morgan fingerprint density at radius 2 is 1.86 bits per heavy atom. The average Bonchev–Trinajstić information content (AvgIpc) is 2.86. The van der Waals surface area contributed by atoms with E-state index in [-0.39, 0.29) is 17.1 Å². The van der Waals surface area contributed by atoms with E-state index in [1.165, 1.54) is 25.7 Å². The molecule has 4 aliphatic rings. The Bertz CT molecular complexity index is 512. The Kier molecular flexibility index (Phi) is 3.02. The second-order valence-electron chi connectivity index (χ2n) is 9.61. The third-order valence-corrected chi connectivity index (χ3v) is 8.35. The summed E-state index contributed by atoms with van der Waals surface area (Å²) in [4.78, 5) is 12.4. The lowest BCUT2D eigenvalue weighted by atomic mass is 9.61. The van der Waals surface area contributed by atoms with Gasteiger partial charge in [-0.1, -0.05) is 34.6 Å². The molecule has 0 N–H and O–H groups in total. The molecule has 124 valence electrons. The molecule has 4 fully saturated rings. The molecule has 0 amide bonds. The number of epoxide rings is 1. The summed E-state index contributed by atoms with van der Waals surface area (Å²) in [6, 6.07) is 0. The number of Topliss-reactive ketones (excluding diaryl/α,β-unsaturated/α-hetero) is 1. The van der Waals surface area contributed by atoms with Crippen molar-refractivity contribution in [1.82, 2.24) is 0 Å². The van der Waals surface area contributed by atoms with Crippen LogP contribution in [0.2, 0.25) is 0 Å². The minimum absolute atomic E-state index is 0.0899. The van der Waals surface area contributed by atoms with E-state index in [9.17, 15) is 4.79 Å². The number of rotatable bonds is 1. The Balaban J connectivity index is 1.71. The standard InChI is InChI=1S/C20H32O2/c1-12(2)15-8-9-18(5)11-20-14(4)17(21)10-19(20,22-20)13(3)6-7-16(15)18/h12-16H,6-11H2,1-5H3/t13-,14+,15+,16-,18+,19+,20+/m0/s1. The van der Waals surface area contributed by atoms with E-state index < -0.39 is 0 Å². The third kappa shape index (κ3) is 1.63. The van der Waals surface area contributed by atoms with Gasteiger partial charge in [0, 0.05) is 12.3 Å². The maximum atomic E-state index is 12.4. The highest BCUT2D eigenvalue weighted by atomic mass is 16.6. The zero-order valence-corrected chi connectivity index (χ0v) is 14.9. The fourth-order valence-corrected chi connectivity index (χ4v) is 6.89. The monoisotopic (exact) mass is 304 g/mol. The molecule has 0 radical (unpaired) electrons. The molecule has 0 aromatic rings. The van der Waals surface area contributed by atoms with Crippen molar-refractivity contribution < 1.29 is 9.53 Å². The molecule has 0 unspecified atom stereocenters. The Morgan fingerprint density at radius 1 is 1.14 bits per heavy atom. The summed E-state index contributed by atoms with van der Waals surface area (Å²) >= 11 is 0. The Hall–Kier alpha value is -0.370. The van der Waals surface area contributed by atoms with Gasteiger partial charge in [0.15, 0.2) is 0 Å². The lowest BCUT2D eigenvalue weighted by Crippen LogP contribution is -2.41. The SMILES string of the molecule is CC(C)[C@H]1CC[C@]2(C)C[C@]34O[C@]3(CC(=O)[C@H]4C)[C@@H](C)CC[C@@H]12. The number of ether oxygens (including phenoxy) is 1. The lowest BCUT2D eigenvalue weighted by Gasteiger charge is -2.41. The van der Waals surface area contributed by atoms with Gasteiger partial charge in [-0.15, -0.1) is 0 Å². The molecule has 4 rings (SSSR count). The van der Waals surface area contributed by atoms with E-state index in [0.717, 1.165) is 24.2 Å². The molecule has 2 heteroatoms. The van der Waals surface area contributed by atoms with Crippen molar-refractivity contribution >= 4 is 5.78 Å². The molecule has 2 nitrogen and oxygen atoms in total. The van der Waals surface area contributed by atoms with Crippen LogP contribution in [0.3, 0.4) is 0 Å². The average molecular weight is 304 g/mol. The number of fused-ring (bicyclic) bond motifs is 1. The molecular weight excluding hydrogens is 272 g/mol. The Morgan fingerprint density at radius 3 is 2.55 bits per heavy atom. The van der Waals surface area contributed by atoms with Crippen molar-refractivity contribution in [1.29, 1.82) is 0 Å². The highest BCUT2D eigenvalue weighted by Gasteiger charge is 2.81. The summed E-state index contributed by atoms with van der Waals surface area (Å²) in [6.07, 6.45) is 7.10. The molecule has 0 bridgehead atoms. The summed E-state index contributed by atoms with van der Waals surface area (Å²) in [6.45, 7) is 11.8. The van der Waals surface area contributed by atoms with E-state index in [2.05, 4.69) is 34.6 Å². The normalized spacial score (nSPS) is 57.1. The maximum Gasteiger partial charge on any atom is 0.141 e. The van der Waals surface area contributed by atoms with E-state index in [1.54, 1.807) is 0 Å². The molecule has 1 aliphatic heterocycles. The van der Waals surface area contributed by atoms with Gasteiger partial charge >= 0.3 is 0 Å². The summed E-state index contributed by atoms with van der Waals surface area (Å²) in [5.41, 5.74) is 0.186. The van der Waals surface area contributed by atoms with Gasteiger partial charge in [-0.2, -0.15) is 0 Å². The molecule has 22 heavy (non-hydrogen) atoms. The van der Waals surface area contributed by atoms with E-state index >= 15 is 0 Å². The van der Waals surface area contributed by atoms with Crippen molar-refractivity contribution in [3.8, 4) is 0 Å². The zero-order valence-electron chi connectivity index (χ0n) is 14.9. The molecule has 1 heterocycles. The molecule has 1 saturated heterocycles. The molecule has 0 aromatic carbocycles. The van der Waals surface area contributed by atoms with Gasteiger partial charge in [0.25, 0.3) is 0 Å². The van der Waals surface area contributed by atoms with Gasteiger partial charge in [0.1, 0.15) is 17.0 Å². The van der Waals surface area contributed by atoms with Crippen LogP contribution in [-0.2, 0) is 9.53 Å². The minimum Gasteiger partial charge on any atom is -0.361 e. The Labute approximate surface area is 135 Å². The van der Waals surface area contributed by atoms with Crippen molar-refractivity contribution in [2.45, 2.75) is 84.3 Å². The first-order valence-electron chi connectivity index (χ1n) is 9.49. The van der Waals surface area contributed by atoms with Crippen molar-refractivity contribution in [3.05, 3.63) is 0 Å². The topological polar surface area (TPSA) is 29.6 Å². The second-order valence-corrected chi connectivity index (χ2v) is 9.61. The van der Waals surface area contributed by atoms with Crippen molar-refractivity contribution in [3.63, 3.8) is 0 Å². The predicted octanol–water partition coefficient (Wildman–Crippen LogP) is 4.61. The first-order chi connectivity index (χ1) is 10.3. The second kappa shape index (κ2) is 4.37. The van der Waals surface area contributed by atoms with E-state index in [1.807, 2.05) is 0 Å². The summed E-state index contributed by atoms with van der Waals surface area (Å²) in [7, 11) is 0. The summed E-state index contributed by atoms with van der Waals surface area (Å²) < 4.78 is 6.49. The molecule has 0 spiro atoms. The van der Waals surface area contributed by atoms with Gasteiger partial charge in [-0.05, 0) is 61.2 Å². The summed E-state index contributed by atoms with van der Waals surface area (Å²) in [5.74, 6) is 3.59. The van der Waals surface area contributed by atoms with Crippen LogP contribution in [0.5, 0.6) is 0 Å². The fraction of sp³-hybridized carbons (Fsp3) is 0.950. The molecule has 0 aromatic heterocycles. The van der Waals surface area contributed by atoms with Crippen molar-refractivity contribution in [2.24, 2.45) is 35.0 Å². The van der Waals surface area contributed by atoms with Crippen LogP contribution in [0.1, 0.15) is 73.1 Å². The highest BCUT2D eigenvalue weighted by Crippen LogP contribution is 2.72. The van der Waals surface area contributed by atoms with Gasteiger partial charge in [-0.3, -0.25) is 4.79 Å². The number of carbonyl (C=O) groups is 1. The van der Waals surface area contributed by atoms with Crippen LogP contribution < -0.4 is 0 Å². The quantitative estimate of drug-likeness (QED) is 0.662. The predicted molar refractivity (Wildman–Crippen MR) is 87.5 cm³/mol. The number of hydrogen-bond acceptors (Lipinski definition) is 2. The largest absolute Gasteiger partial charge is 0.361 e. The smallest absolute Gasteiger partial charge is 0.141 e. The van der Waals surface area contributed by atoms with Gasteiger partial charge in [-0.25, -0.2) is 0 Å². The van der Waals surface area contributed by atoms with Gasteiger partial charge < -0.3 is 4.74 Å². The number of hydrogen-bond donors (Lipinski definition) is 0. The molecular formula is C20H32O2. The van der Waals surface area contributed by atoms with Gasteiger partial charge in [0.2, 0.25) is 0 Å². The van der Waals surface area contributed by atoms with Crippen LogP contribution in [0.15, 0.2) is 0 Å². The maximum absolute atomic E-state index is 12.4.